The highest BCUT2D eigenvalue weighted by Gasteiger charge is 2.22. The van der Waals surface area contributed by atoms with Crippen molar-refractivity contribution in [2.75, 3.05) is 13.1 Å². The summed E-state index contributed by atoms with van der Waals surface area (Å²) in [5.74, 6) is 1.15. The van der Waals surface area contributed by atoms with Gasteiger partial charge in [0, 0.05) is 55.1 Å². The minimum absolute atomic E-state index is 0.477. The van der Waals surface area contributed by atoms with E-state index in [2.05, 4.69) is 29.8 Å². The van der Waals surface area contributed by atoms with Gasteiger partial charge in [0.15, 0.2) is 5.82 Å². The number of hydrogen-bond acceptors (Lipinski definition) is 6. The molecule has 6 nitrogen and oxygen atoms in total. The van der Waals surface area contributed by atoms with E-state index >= 15 is 0 Å². The molecule has 1 saturated heterocycles. The third-order valence-electron chi connectivity index (χ3n) is 4.53. The first-order valence-electron chi connectivity index (χ1n) is 8.59. The van der Waals surface area contributed by atoms with Crippen LogP contribution in [0, 0.1) is 0 Å². The van der Waals surface area contributed by atoms with Crippen molar-refractivity contribution in [2.24, 2.45) is 0 Å². The Bertz CT molecular complexity index is 791. The van der Waals surface area contributed by atoms with Gasteiger partial charge in [-0.2, -0.15) is 0 Å². The lowest BCUT2D eigenvalue weighted by molar-refractivity contribution is 0.198. The lowest BCUT2D eigenvalue weighted by atomic mass is 9.94. The fraction of sp³-hybridized carbons (Fsp3) is 0.316. The number of hydrogen-bond donors (Lipinski definition) is 0. The second-order valence-corrected chi connectivity index (χ2v) is 6.34. The minimum Gasteiger partial charge on any atom is -0.298 e. The van der Waals surface area contributed by atoms with Gasteiger partial charge >= 0.3 is 0 Å². The Kier molecular flexibility index (Phi) is 4.70. The SMILES string of the molecule is c1ccc(-c2ncc(CN3CCC[C@H](c4ccncn4)C3)cn2)nc1. The van der Waals surface area contributed by atoms with Crippen molar-refractivity contribution < 1.29 is 0 Å². The molecular formula is C19H20N6. The maximum absolute atomic E-state index is 4.47. The molecule has 1 aliphatic heterocycles. The van der Waals surface area contributed by atoms with E-state index in [1.807, 2.05) is 42.9 Å². The van der Waals surface area contributed by atoms with Crippen LogP contribution < -0.4 is 0 Å². The van der Waals surface area contributed by atoms with Crippen LogP contribution in [0.15, 0.2) is 55.4 Å². The van der Waals surface area contributed by atoms with E-state index in [0.29, 0.717) is 11.7 Å². The predicted octanol–water partition coefficient (Wildman–Crippen LogP) is 2.71. The van der Waals surface area contributed by atoms with E-state index in [9.17, 15) is 0 Å². The van der Waals surface area contributed by atoms with E-state index in [1.165, 1.54) is 12.8 Å². The van der Waals surface area contributed by atoms with Crippen molar-refractivity contribution in [2.45, 2.75) is 25.3 Å². The van der Waals surface area contributed by atoms with Crippen molar-refractivity contribution in [3.63, 3.8) is 0 Å². The van der Waals surface area contributed by atoms with E-state index in [-0.39, 0.29) is 0 Å². The normalized spacial score (nSPS) is 18.2. The van der Waals surface area contributed by atoms with E-state index < -0.39 is 0 Å². The Morgan fingerprint density at radius 1 is 1.00 bits per heavy atom. The standard InChI is InChI=1S/C19H20N6/c1-2-7-21-18(5-1)19-22-10-15(11-23-19)12-25-9-3-4-16(13-25)17-6-8-20-14-24-17/h1-2,5-8,10-11,14,16H,3-4,9,12-13H2/t16-/m0/s1. The summed E-state index contributed by atoms with van der Waals surface area (Å²) < 4.78 is 0. The highest BCUT2D eigenvalue weighted by molar-refractivity contribution is 5.47. The average Bonchev–Trinajstić information content (AvgIpc) is 2.70. The molecule has 3 aromatic rings. The first-order chi connectivity index (χ1) is 12.4. The zero-order valence-corrected chi connectivity index (χ0v) is 14.0. The summed E-state index contributed by atoms with van der Waals surface area (Å²) in [5.41, 5.74) is 3.07. The van der Waals surface area contributed by atoms with Gasteiger partial charge in [0.1, 0.15) is 12.0 Å². The fourth-order valence-electron chi connectivity index (χ4n) is 3.30. The topological polar surface area (TPSA) is 67.7 Å². The van der Waals surface area contributed by atoms with Crippen LogP contribution in [0.5, 0.6) is 0 Å². The number of pyridine rings is 1. The van der Waals surface area contributed by atoms with Gasteiger partial charge in [-0.15, -0.1) is 0 Å². The van der Waals surface area contributed by atoms with E-state index in [4.69, 9.17) is 0 Å². The molecule has 4 heterocycles. The summed E-state index contributed by atoms with van der Waals surface area (Å²) in [6.07, 6.45) is 11.4. The maximum atomic E-state index is 4.47. The van der Waals surface area contributed by atoms with Crippen molar-refractivity contribution in [3.05, 3.63) is 66.6 Å². The highest BCUT2D eigenvalue weighted by atomic mass is 15.1. The number of aromatic nitrogens is 5. The Balaban J connectivity index is 1.42. The number of rotatable bonds is 4. The van der Waals surface area contributed by atoms with Gasteiger partial charge in [0.2, 0.25) is 0 Å². The third kappa shape index (κ3) is 3.85. The summed E-state index contributed by atoms with van der Waals surface area (Å²) in [6.45, 7) is 2.98. The maximum Gasteiger partial charge on any atom is 0.178 e. The average molecular weight is 332 g/mol. The molecule has 0 radical (unpaired) electrons. The van der Waals surface area contributed by atoms with Gasteiger partial charge in [0.05, 0.1) is 0 Å². The molecule has 1 atom stereocenters. The van der Waals surface area contributed by atoms with Crippen LogP contribution in [0.3, 0.4) is 0 Å². The molecule has 4 rings (SSSR count). The summed E-state index contributed by atoms with van der Waals surface area (Å²) in [6, 6.07) is 7.79. The first kappa shape index (κ1) is 15.8. The van der Waals surface area contributed by atoms with Gasteiger partial charge < -0.3 is 0 Å². The zero-order chi connectivity index (χ0) is 16.9. The second kappa shape index (κ2) is 7.44. The van der Waals surface area contributed by atoms with Crippen LogP contribution in [0.1, 0.15) is 30.0 Å². The van der Waals surface area contributed by atoms with E-state index in [1.54, 1.807) is 12.5 Å². The van der Waals surface area contributed by atoms with E-state index in [0.717, 1.165) is 36.6 Å². The number of nitrogens with zero attached hydrogens (tertiary/aromatic N) is 6. The molecule has 0 bridgehead atoms. The Hall–Kier alpha value is -2.73. The molecule has 0 N–H and O–H groups in total. The molecule has 0 amide bonds. The second-order valence-electron chi connectivity index (χ2n) is 6.34. The van der Waals surface area contributed by atoms with Crippen LogP contribution in [0.25, 0.3) is 11.5 Å². The van der Waals surface area contributed by atoms with Crippen LogP contribution in [0.2, 0.25) is 0 Å². The lowest BCUT2D eigenvalue weighted by Gasteiger charge is -2.32. The molecule has 126 valence electrons. The van der Waals surface area contributed by atoms with Gasteiger partial charge in [-0.05, 0) is 37.6 Å². The molecular weight excluding hydrogens is 312 g/mol. The molecule has 25 heavy (non-hydrogen) atoms. The molecule has 0 unspecified atom stereocenters. The lowest BCUT2D eigenvalue weighted by Crippen LogP contribution is -2.34. The predicted molar refractivity (Wildman–Crippen MR) is 94.5 cm³/mol. The highest BCUT2D eigenvalue weighted by Crippen LogP contribution is 2.26. The van der Waals surface area contributed by atoms with Gasteiger partial charge in [-0.25, -0.2) is 19.9 Å². The van der Waals surface area contributed by atoms with Gasteiger partial charge in [-0.3, -0.25) is 9.88 Å². The van der Waals surface area contributed by atoms with Crippen LogP contribution in [0.4, 0.5) is 0 Å². The number of likely N-dealkylation sites (tertiary alicyclic amines) is 1. The molecule has 6 heteroatoms. The largest absolute Gasteiger partial charge is 0.298 e. The quantitative estimate of drug-likeness (QED) is 0.732. The molecule has 3 aromatic heterocycles. The third-order valence-corrected chi connectivity index (χ3v) is 4.53. The van der Waals surface area contributed by atoms with Crippen molar-refractivity contribution >= 4 is 0 Å². The van der Waals surface area contributed by atoms with Crippen LogP contribution >= 0.6 is 0 Å². The Morgan fingerprint density at radius 2 is 1.92 bits per heavy atom. The smallest absolute Gasteiger partial charge is 0.178 e. The summed E-state index contributed by atoms with van der Waals surface area (Å²) in [7, 11) is 0. The monoisotopic (exact) mass is 332 g/mol. The van der Waals surface area contributed by atoms with Crippen LogP contribution in [-0.4, -0.2) is 42.9 Å². The first-order valence-corrected chi connectivity index (χ1v) is 8.59. The zero-order valence-electron chi connectivity index (χ0n) is 14.0. The fourth-order valence-corrected chi connectivity index (χ4v) is 3.30. The van der Waals surface area contributed by atoms with Crippen molar-refractivity contribution in [1.82, 2.24) is 29.8 Å². The molecule has 0 saturated carbocycles. The summed E-state index contributed by atoms with van der Waals surface area (Å²) in [5, 5.41) is 0. The molecule has 0 spiro atoms. The molecule has 1 aliphatic rings. The Labute approximate surface area is 147 Å². The molecule has 0 aromatic carbocycles. The molecule has 1 fully saturated rings. The summed E-state index contributed by atoms with van der Waals surface area (Å²) in [4.78, 5) is 24.1. The van der Waals surface area contributed by atoms with Gasteiger partial charge in [0.25, 0.3) is 0 Å². The minimum atomic E-state index is 0.477. The van der Waals surface area contributed by atoms with Gasteiger partial charge in [-0.1, -0.05) is 6.07 Å². The number of piperidine rings is 1. The van der Waals surface area contributed by atoms with Crippen molar-refractivity contribution in [3.8, 4) is 11.5 Å². The summed E-state index contributed by atoms with van der Waals surface area (Å²) >= 11 is 0. The molecule has 0 aliphatic carbocycles. The van der Waals surface area contributed by atoms with Crippen molar-refractivity contribution in [1.29, 1.82) is 0 Å². The van der Waals surface area contributed by atoms with Crippen LogP contribution in [-0.2, 0) is 6.54 Å². The Morgan fingerprint density at radius 3 is 2.68 bits per heavy atom.